The summed E-state index contributed by atoms with van der Waals surface area (Å²) in [6, 6.07) is 7.73. The van der Waals surface area contributed by atoms with Crippen molar-refractivity contribution in [2.45, 2.75) is 32.4 Å². The molecule has 2 aromatic heterocycles. The molecule has 2 heterocycles. The second kappa shape index (κ2) is 7.57. The van der Waals surface area contributed by atoms with Gasteiger partial charge in [0.25, 0.3) is 11.5 Å². The third kappa shape index (κ3) is 4.13. The van der Waals surface area contributed by atoms with E-state index in [2.05, 4.69) is 20.6 Å². The monoisotopic (exact) mass is 401 g/mol. The first-order valence-corrected chi connectivity index (χ1v) is 8.97. The predicted molar refractivity (Wildman–Crippen MR) is 106 cm³/mol. The molecule has 146 valence electrons. The summed E-state index contributed by atoms with van der Waals surface area (Å²) >= 11 is 5.94. The van der Waals surface area contributed by atoms with E-state index in [1.54, 1.807) is 45.0 Å². The van der Waals surface area contributed by atoms with E-state index in [0.29, 0.717) is 22.0 Å². The Kier molecular flexibility index (Phi) is 5.35. The molecule has 8 nitrogen and oxygen atoms in total. The van der Waals surface area contributed by atoms with Crippen LogP contribution in [0.4, 0.5) is 0 Å². The molecule has 1 unspecified atom stereocenters. The molecule has 1 aromatic carbocycles. The lowest BCUT2D eigenvalue weighted by atomic mass is 10.0. The number of amides is 1. The number of hydrogen-bond acceptors (Lipinski definition) is 5. The average Bonchev–Trinajstić information content (AvgIpc) is 3.16. The molecular weight excluding hydrogens is 382 g/mol. The van der Waals surface area contributed by atoms with Gasteiger partial charge in [0.05, 0.1) is 23.5 Å². The second-order valence-corrected chi connectivity index (χ2v) is 7.41. The van der Waals surface area contributed by atoms with E-state index >= 15 is 0 Å². The van der Waals surface area contributed by atoms with Crippen LogP contribution in [0.2, 0.25) is 5.02 Å². The molecule has 0 spiro atoms. The van der Waals surface area contributed by atoms with Gasteiger partial charge in [0.15, 0.2) is 0 Å². The number of benzene rings is 1. The molecule has 0 aliphatic carbocycles. The van der Waals surface area contributed by atoms with Crippen LogP contribution < -0.4 is 10.9 Å². The summed E-state index contributed by atoms with van der Waals surface area (Å²) in [5, 5.41) is 24.1. The first-order chi connectivity index (χ1) is 13.2. The number of nitrogens with one attached hydrogen (secondary N) is 2. The molecule has 0 saturated heterocycles. The van der Waals surface area contributed by atoms with E-state index in [0.717, 1.165) is 4.68 Å². The van der Waals surface area contributed by atoms with Gasteiger partial charge < -0.3 is 10.4 Å². The van der Waals surface area contributed by atoms with Gasteiger partial charge in [-0.1, -0.05) is 23.7 Å². The Hall–Kier alpha value is -2.97. The topological polar surface area (TPSA) is 113 Å². The SMILES string of the molecule is CC(NC(=O)c1cc(-c2ccc(Cl)cc2)nn(-c2cn[nH]c2)c1=O)C(C)(C)O. The van der Waals surface area contributed by atoms with Gasteiger partial charge in [-0.3, -0.25) is 14.7 Å². The van der Waals surface area contributed by atoms with Crippen LogP contribution in [0.3, 0.4) is 0 Å². The van der Waals surface area contributed by atoms with E-state index < -0.39 is 23.1 Å². The van der Waals surface area contributed by atoms with Crippen molar-refractivity contribution in [3.63, 3.8) is 0 Å². The highest BCUT2D eigenvalue weighted by molar-refractivity contribution is 6.30. The highest BCUT2D eigenvalue weighted by Gasteiger charge is 2.26. The number of hydrogen-bond donors (Lipinski definition) is 3. The molecule has 1 amide bonds. The van der Waals surface area contributed by atoms with E-state index in [9.17, 15) is 14.7 Å². The maximum Gasteiger partial charge on any atom is 0.284 e. The maximum atomic E-state index is 12.9. The van der Waals surface area contributed by atoms with Crippen molar-refractivity contribution in [3.05, 3.63) is 63.7 Å². The van der Waals surface area contributed by atoms with Crippen molar-refractivity contribution >= 4 is 17.5 Å². The number of nitrogens with zero attached hydrogens (tertiary/aromatic N) is 3. The summed E-state index contributed by atoms with van der Waals surface area (Å²) in [7, 11) is 0. The molecule has 3 rings (SSSR count). The normalized spacial score (nSPS) is 12.6. The molecular formula is C19H20ClN5O3. The zero-order valence-electron chi connectivity index (χ0n) is 15.6. The fourth-order valence-electron chi connectivity index (χ4n) is 2.40. The Balaban J connectivity index is 2.12. The van der Waals surface area contributed by atoms with Crippen LogP contribution >= 0.6 is 11.6 Å². The van der Waals surface area contributed by atoms with Crippen molar-refractivity contribution in [1.82, 2.24) is 25.3 Å². The van der Waals surface area contributed by atoms with Gasteiger partial charge in [-0.2, -0.15) is 14.9 Å². The minimum Gasteiger partial charge on any atom is -0.388 e. The first-order valence-electron chi connectivity index (χ1n) is 8.59. The van der Waals surface area contributed by atoms with Crippen LogP contribution in [0.5, 0.6) is 0 Å². The molecule has 0 saturated carbocycles. The number of carbonyl (C=O) groups is 1. The standard InChI is InChI=1S/C19H20ClN5O3/c1-11(19(2,3)28)23-17(26)15-8-16(12-4-6-13(20)7-5-12)24-25(18(15)27)14-9-21-22-10-14/h4-11,28H,1-3H3,(H,21,22)(H,23,26). The fraction of sp³-hybridized carbons (Fsp3) is 0.263. The van der Waals surface area contributed by atoms with Crippen LogP contribution in [0.25, 0.3) is 16.9 Å². The molecule has 28 heavy (non-hydrogen) atoms. The van der Waals surface area contributed by atoms with E-state index in [4.69, 9.17) is 11.6 Å². The summed E-state index contributed by atoms with van der Waals surface area (Å²) in [5.74, 6) is -0.602. The maximum absolute atomic E-state index is 12.9. The highest BCUT2D eigenvalue weighted by Crippen LogP contribution is 2.20. The van der Waals surface area contributed by atoms with E-state index in [1.165, 1.54) is 18.5 Å². The summed E-state index contributed by atoms with van der Waals surface area (Å²) < 4.78 is 1.11. The van der Waals surface area contributed by atoms with Crippen LogP contribution in [0.15, 0.2) is 47.5 Å². The Morgan fingerprint density at radius 3 is 2.57 bits per heavy atom. The van der Waals surface area contributed by atoms with Crippen molar-refractivity contribution in [2.24, 2.45) is 0 Å². The lowest BCUT2D eigenvalue weighted by molar-refractivity contribution is 0.0408. The molecule has 0 aliphatic heterocycles. The lowest BCUT2D eigenvalue weighted by Crippen LogP contribution is -2.48. The number of aromatic nitrogens is 4. The number of halogens is 1. The van der Waals surface area contributed by atoms with E-state index in [-0.39, 0.29) is 5.56 Å². The number of H-pyrrole nitrogens is 1. The minimum atomic E-state index is -1.15. The van der Waals surface area contributed by atoms with Crippen LogP contribution in [0.1, 0.15) is 31.1 Å². The third-order valence-corrected chi connectivity index (χ3v) is 4.68. The lowest BCUT2D eigenvalue weighted by Gasteiger charge is -2.26. The van der Waals surface area contributed by atoms with Crippen molar-refractivity contribution in [3.8, 4) is 16.9 Å². The number of carbonyl (C=O) groups excluding carboxylic acids is 1. The molecule has 3 aromatic rings. The average molecular weight is 402 g/mol. The van der Waals surface area contributed by atoms with Crippen molar-refractivity contribution < 1.29 is 9.90 Å². The fourth-order valence-corrected chi connectivity index (χ4v) is 2.53. The second-order valence-electron chi connectivity index (χ2n) is 6.97. The molecule has 3 N–H and O–H groups in total. The summed E-state index contributed by atoms with van der Waals surface area (Å²) in [6.45, 7) is 4.81. The summed E-state index contributed by atoms with van der Waals surface area (Å²) in [6.07, 6.45) is 2.93. The highest BCUT2D eigenvalue weighted by atomic mass is 35.5. The molecule has 0 fully saturated rings. The van der Waals surface area contributed by atoms with Crippen LogP contribution in [-0.4, -0.2) is 42.6 Å². The molecule has 0 bridgehead atoms. The minimum absolute atomic E-state index is 0.0998. The van der Waals surface area contributed by atoms with Crippen LogP contribution in [-0.2, 0) is 0 Å². The quantitative estimate of drug-likeness (QED) is 0.606. The Bertz CT molecular complexity index is 1040. The Morgan fingerprint density at radius 2 is 2.00 bits per heavy atom. The predicted octanol–water partition coefficient (Wildman–Crippen LogP) is 2.17. The summed E-state index contributed by atoms with van der Waals surface area (Å²) in [4.78, 5) is 25.7. The Morgan fingerprint density at radius 1 is 1.32 bits per heavy atom. The molecule has 9 heteroatoms. The largest absolute Gasteiger partial charge is 0.388 e. The van der Waals surface area contributed by atoms with Crippen molar-refractivity contribution in [1.29, 1.82) is 0 Å². The van der Waals surface area contributed by atoms with Crippen LogP contribution in [0, 0.1) is 0 Å². The smallest absolute Gasteiger partial charge is 0.284 e. The number of aromatic amines is 1. The summed E-state index contributed by atoms with van der Waals surface area (Å²) in [5.41, 5.74) is -0.349. The van der Waals surface area contributed by atoms with Gasteiger partial charge in [-0.15, -0.1) is 0 Å². The molecule has 0 aliphatic rings. The van der Waals surface area contributed by atoms with Gasteiger partial charge >= 0.3 is 0 Å². The van der Waals surface area contributed by atoms with Gasteiger partial charge in [0.1, 0.15) is 11.3 Å². The molecule has 1 atom stereocenters. The molecule has 0 radical (unpaired) electrons. The number of rotatable bonds is 5. The Labute approximate surface area is 166 Å². The first kappa shape index (κ1) is 19.8. The van der Waals surface area contributed by atoms with Gasteiger partial charge in [0, 0.05) is 16.8 Å². The van der Waals surface area contributed by atoms with Gasteiger partial charge in [-0.05, 0) is 39.0 Å². The zero-order chi connectivity index (χ0) is 20.5. The third-order valence-electron chi connectivity index (χ3n) is 4.43. The van der Waals surface area contributed by atoms with Gasteiger partial charge in [-0.25, -0.2) is 0 Å². The van der Waals surface area contributed by atoms with Crippen molar-refractivity contribution in [2.75, 3.05) is 0 Å². The van der Waals surface area contributed by atoms with E-state index in [1.807, 2.05) is 0 Å². The zero-order valence-corrected chi connectivity index (χ0v) is 16.4. The van der Waals surface area contributed by atoms with Gasteiger partial charge in [0.2, 0.25) is 0 Å². The number of aliphatic hydroxyl groups is 1.